The Kier molecular flexibility index (Phi) is 5.59. The normalized spacial score (nSPS) is 16.8. The van der Waals surface area contributed by atoms with Gasteiger partial charge in [0.2, 0.25) is 0 Å². The molecule has 0 amide bonds. The molecule has 0 unspecified atom stereocenters. The van der Waals surface area contributed by atoms with Crippen molar-refractivity contribution in [2.45, 2.75) is 25.6 Å². The van der Waals surface area contributed by atoms with Gasteiger partial charge in [-0.3, -0.25) is 4.79 Å². The number of piperidine rings is 1. The third-order valence-electron chi connectivity index (χ3n) is 3.45. The van der Waals surface area contributed by atoms with Gasteiger partial charge in [-0.1, -0.05) is 30.3 Å². The minimum Gasteiger partial charge on any atom is -0.461 e. The second kappa shape index (κ2) is 7.45. The highest BCUT2D eigenvalue weighted by Gasteiger charge is 2.43. The van der Waals surface area contributed by atoms with Crippen molar-refractivity contribution >= 4 is 11.9 Å². The molecular formula is C15H16F3NO4. The molecule has 0 N–H and O–H groups in total. The Bertz CT molecular complexity index is 539. The Morgan fingerprint density at radius 3 is 2.30 bits per heavy atom. The number of rotatable bonds is 4. The summed E-state index contributed by atoms with van der Waals surface area (Å²) >= 11 is 0. The van der Waals surface area contributed by atoms with Crippen LogP contribution in [0.4, 0.5) is 13.2 Å². The van der Waals surface area contributed by atoms with Crippen molar-refractivity contribution in [2.24, 2.45) is 5.92 Å². The quantitative estimate of drug-likeness (QED) is 0.794. The van der Waals surface area contributed by atoms with Crippen LogP contribution in [0.25, 0.3) is 0 Å². The lowest BCUT2D eigenvalue weighted by molar-refractivity contribution is -0.242. The third-order valence-corrected chi connectivity index (χ3v) is 3.45. The van der Waals surface area contributed by atoms with Crippen LogP contribution in [0.3, 0.4) is 0 Å². The molecule has 0 saturated carbocycles. The largest absolute Gasteiger partial charge is 0.492 e. The van der Waals surface area contributed by atoms with Crippen LogP contribution in [0, 0.1) is 5.92 Å². The number of carbonyl (C=O) groups is 2. The summed E-state index contributed by atoms with van der Waals surface area (Å²) in [6.45, 7) is 0.281. The first kappa shape index (κ1) is 17.3. The van der Waals surface area contributed by atoms with Gasteiger partial charge in [0, 0.05) is 13.1 Å². The van der Waals surface area contributed by atoms with E-state index in [2.05, 4.69) is 4.84 Å². The van der Waals surface area contributed by atoms with Crippen molar-refractivity contribution in [3.8, 4) is 0 Å². The zero-order valence-electron chi connectivity index (χ0n) is 12.2. The minimum absolute atomic E-state index is 0.0624. The highest BCUT2D eigenvalue weighted by Crippen LogP contribution is 2.22. The Balaban J connectivity index is 1.73. The van der Waals surface area contributed by atoms with Crippen LogP contribution in [0.2, 0.25) is 0 Å². The topological polar surface area (TPSA) is 55.8 Å². The number of hydroxylamine groups is 2. The number of hydrogen-bond donors (Lipinski definition) is 0. The van der Waals surface area contributed by atoms with Gasteiger partial charge >= 0.3 is 18.1 Å². The van der Waals surface area contributed by atoms with E-state index in [0.29, 0.717) is 0 Å². The number of alkyl halides is 3. The molecule has 0 radical (unpaired) electrons. The number of ether oxygens (including phenoxy) is 1. The molecule has 1 fully saturated rings. The van der Waals surface area contributed by atoms with Gasteiger partial charge in [-0.05, 0) is 18.4 Å². The fourth-order valence-corrected chi connectivity index (χ4v) is 2.20. The minimum atomic E-state index is -5.02. The van der Waals surface area contributed by atoms with E-state index in [0.717, 1.165) is 10.6 Å². The molecule has 126 valence electrons. The molecule has 1 aliphatic heterocycles. The zero-order valence-corrected chi connectivity index (χ0v) is 12.2. The molecule has 1 saturated heterocycles. The fraction of sp³-hybridized carbons (Fsp3) is 0.467. The van der Waals surface area contributed by atoms with Gasteiger partial charge < -0.3 is 9.57 Å². The highest BCUT2D eigenvalue weighted by atomic mass is 19.4. The maximum Gasteiger partial charge on any atom is 0.492 e. The molecule has 0 spiro atoms. The molecule has 0 atom stereocenters. The standard InChI is InChI=1S/C15H16F3NO4/c16-15(17,18)14(21)23-19-8-6-12(7-9-19)13(20)22-10-11-4-2-1-3-5-11/h1-5,12H,6-10H2. The first-order chi connectivity index (χ1) is 10.9. The SMILES string of the molecule is O=C(OCc1ccccc1)C1CCN(OC(=O)C(F)(F)F)CC1. The van der Waals surface area contributed by atoms with Gasteiger partial charge in [-0.25, -0.2) is 4.79 Å². The van der Waals surface area contributed by atoms with Crippen molar-refractivity contribution in [3.05, 3.63) is 35.9 Å². The van der Waals surface area contributed by atoms with E-state index in [1.54, 1.807) is 0 Å². The van der Waals surface area contributed by atoms with Crippen molar-refractivity contribution in [1.29, 1.82) is 0 Å². The monoisotopic (exact) mass is 331 g/mol. The molecule has 1 aliphatic rings. The Morgan fingerprint density at radius 1 is 1.13 bits per heavy atom. The van der Waals surface area contributed by atoms with Crippen LogP contribution in [0.5, 0.6) is 0 Å². The summed E-state index contributed by atoms with van der Waals surface area (Å²) in [6.07, 6.45) is -4.47. The Morgan fingerprint density at radius 2 is 1.74 bits per heavy atom. The van der Waals surface area contributed by atoms with E-state index in [4.69, 9.17) is 4.74 Å². The van der Waals surface area contributed by atoms with E-state index < -0.39 is 24.0 Å². The first-order valence-electron chi connectivity index (χ1n) is 7.11. The van der Waals surface area contributed by atoms with E-state index >= 15 is 0 Å². The van der Waals surface area contributed by atoms with Crippen molar-refractivity contribution < 1.29 is 32.3 Å². The molecule has 2 rings (SSSR count). The lowest BCUT2D eigenvalue weighted by atomic mass is 9.98. The van der Waals surface area contributed by atoms with Crippen LogP contribution in [-0.2, 0) is 25.8 Å². The number of halogens is 3. The van der Waals surface area contributed by atoms with Gasteiger partial charge in [-0.15, -0.1) is 5.06 Å². The van der Waals surface area contributed by atoms with Crippen molar-refractivity contribution in [1.82, 2.24) is 5.06 Å². The van der Waals surface area contributed by atoms with Crippen LogP contribution >= 0.6 is 0 Å². The molecule has 0 aliphatic carbocycles. The smallest absolute Gasteiger partial charge is 0.461 e. The van der Waals surface area contributed by atoms with E-state index in [1.165, 1.54) is 0 Å². The summed E-state index contributed by atoms with van der Waals surface area (Å²) in [4.78, 5) is 26.9. The second-order valence-corrected chi connectivity index (χ2v) is 5.17. The van der Waals surface area contributed by atoms with Gasteiger partial charge in [0.15, 0.2) is 0 Å². The van der Waals surface area contributed by atoms with Gasteiger partial charge in [0.1, 0.15) is 6.61 Å². The van der Waals surface area contributed by atoms with Crippen LogP contribution in [0.1, 0.15) is 18.4 Å². The van der Waals surface area contributed by atoms with E-state index in [-0.39, 0.29) is 32.5 Å². The lowest BCUT2D eigenvalue weighted by Gasteiger charge is -2.29. The summed E-state index contributed by atoms with van der Waals surface area (Å²) in [6, 6.07) is 9.16. The number of nitrogens with zero attached hydrogens (tertiary/aromatic N) is 1. The summed E-state index contributed by atoms with van der Waals surface area (Å²) in [5.41, 5.74) is 0.859. The summed E-state index contributed by atoms with van der Waals surface area (Å²) in [5, 5.41) is 0.927. The number of hydrogen-bond acceptors (Lipinski definition) is 5. The predicted octanol–water partition coefficient (Wildman–Crippen LogP) is 2.46. The van der Waals surface area contributed by atoms with Gasteiger partial charge in [0.05, 0.1) is 5.92 Å². The van der Waals surface area contributed by atoms with Gasteiger partial charge in [0.25, 0.3) is 0 Å². The number of esters is 1. The summed E-state index contributed by atoms with van der Waals surface area (Å²) in [5.74, 6) is -3.04. The number of benzene rings is 1. The van der Waals surface area contributed by atoms with E-state index in [1.807, 2.05) is 30.3 Å². The van der Waals surface area contributed by atoms with Crippen LogP contribution in [-0.4, -0.2) is 36.3 Å². The molecule has 0 bridgehead atoms. The van der Waals surface area contributed by atoms with Gasteiger partial charge in [-0.2, -0.15) is 13.2 Å². The van der Waals surface area contributed by atoms with Crippen LogP contribution in [0.15, 0.2) is 30.3 Å². The van der Waals surface area contributed by atoms with Crippen LogP contribution < -0.4 is 0 Å². The fourth-order valence-electron chi connectivity index (χ4n) is 2.20. The van der Waals surface area contributed by atoms with Crippen molar-refractivity contribution in [2.75, 3.05) is 13.1 Å². The predicted molar refractivity (Wildman–Crippen MR) is 72.7 cm³/mol. The van der Waals surface area contributed by atoms with E-state index in [9.17, 15) is 22.8 Å². The maximum atomic E-state index is 12.1. The Hall–Kier alpha value is -2.09. The lowest BCUT2D eigenvalue weighted by Crippen LogP contribution is -2.41. The molecule has 1 aromatic rings. The second-order valence-electron chi connectivity index (χ2n) is 5.17. The average molecular weight is 331 g/mol. The molecular weight excluding hydrogens is 315 g/mol. The van der Waals surface area contributed by atoms with Crippen molar-refractivity contribution in [3.63, 3.8) is 0 Å². The molecule has 1 heterocycles. The highest BCUT2D eigenvalue weighted by molar-refractivity contribution is 5.75. The molecule has 8 heteroatoms. The summed E-state index contributed by atoms with van der Waals surface area (Å²) in [7, 11) is 0. The first-order valence-corrected chi connectivity index (χ1v) is 7.11. The number of carbonyl (C=O) groups excluding carboxylic acids is 2. The Labute approximate surface area is 130 Å². The third kappa shape index (κ3) is 5.24. The molecule has 1 aromatic carbocycles. The molecule has 5 nitrogen and oxygen atoms in total. The molecule has 0 aromatic heterocycles. The maximum absolute atomic E-state index is 12.1. The summed E-state index contributed by atoms with van der Waals surface area (Å²) < 4.78 is 41.5. The average Bonchev–Trinajstić information content (AvgIpc) is 2.53. The molecule has 23 heavy (non-hydrogen) atoms. The zero-order chi connectivity index (χ0) is 16.9.